The molecular formula is C18H25NO4. The van der Waals surface area contributed by atoms with Crippen LogP contribution in [-0.2, 0) is 20.8 Å². The van der Waals surface area contributed by atoms with Gasteiger partial charge in [0.2, 0.25) is 0 Å². The maximum Gasteiger partial charge on any atom is 0.410 e. The lowest BCUT2D eigenvalue weighted by molar-refractivity contribution is -0.0514. The highest BCUT2D eigenvalue weighted by atomic mass is 16.7. The second-order valence-electron chi connectivity index (χ2n) is 6.22. The summed E-state index contributed by atoms with van der Waals surface area (Å²) in [5.41, 5.74) is 1.02. The van der Waals surface area contributed by atoms with Gasteiger partial charge in [-0.2, -0.15) is 0 Å². The number of piperidine rings is 1. The van der Waals surface area contributed by atoms with Crippen LogP contribution in [0.5, 0.6) is 0 Å². The molecule has 1 aromatic rings. The molecule has 0 unspecified atom stereocenters. The van der Waals surface area contributed by atoms with E-state index in [1.54, 1.807) is 0 Å². The normalized spacial score (nSPS) is 19.9. The molecule has 0 radical (unpaired) electrons. The number of benzene rings is 1. The first-order chi connectivity index (χ1) is 11.3. The van der Waals surface area contributed by atoms with Crippen molar-refractivity contribution in [3.8, 4) is 0 Å². The lowest BCUT2D eigenvalue weighted by Gasteiger charge is -2.31. The molecule has 0 atom stereocenters. The molecule has 126 valence electrons. The summed E-state index contributed by atoms with van der Waals surface area (Å²) in [7, 11) is 0. The third-order valence-corrected chi connectivity index (χ3v) is 4.58. The zero-order valence-electron chi connectivity index (χ0n) is 13.5. The third-order valence-electron chi connectivity index (χ3n) is 4.58. The molecule has 3 rings (SSSR count). The van der Waals surface area contributed by atoms with Crippen LogP contribution in [0.25, 0.3) is 0 Å². The molecule has 0 spiro atoms. The zero-order chi connectivity index (χ0) is 15.9. The van der Waals surface area contributed by atoms with Crippen LogP contribution in [0.3, 0.4) is 0 Å². The number of ether oxygens (including phenoxy) is 3. The number of carbonyl (C=O) groups is 1. The van der Waals surface area contributed by atoms with E-state index in [1.807, 2.05) is 35.2 Å². The molecule has 1 amide bonds. The molecule has 2 saturated heterocycles. The van der Waals surface area contributed by atoms with Gasteiger partial charge in [-0.3, -0.25) is 0 Å². The van der Waals surface area contributed by atoms with Crippen molar-refractivity contribution >= 4 is 6.09 Å². The van der Waals surface area contributed by atoms with Crippen molar-refractivity contribution in [2.45, 2.75) is 38.6 Å². The maximum absolute atomic E-state index is 12.1. The number of hydrogen-bond donors (Lipinski definition) is 0. The summed E-state index contributed by atoms with van der Waals surface area (Å²) in [5.74, 6) is 0.654. The SMILES string of the molecule is O=C(OCc1ccccc1)N1CCC(CCC2OCCO2)CC1. The molecule has 1 aromatic carbocycles. The van der Waals surface area contributed by atoms with E-state index in [0.29, 0.717) is 12.5 Å². The summed E-state index contributed by atoms with van der Waals surface area (Å²) < 4.78 is 16.3. The number of hydrogen-bond acceptors (Lipinski definition) is 4. The second kappa shape index (κ2) is 8.31. The van der Waals surface area contributed by atoms with E-state index in [-0.39, 0.29) is 12.4 Å². The van der Waals surface area contributed by atoms with Crippen molar-refractivity contribution in [3.63, 3.8) is 0 Å². The van der Waals surface area contributed by atoms with Crippen molar-refractivity contribution in [2.75, 3.05) is 26.3 Å². The molecule has 0 aliphatic carbocycles. The topological polar surface area (TPSA) is 48.0 Å². The number of nitrogens with zero attached hydrogens (tertiary/aromatic N) is 1. The monoisotopic (exact) mass is 319 g/mol. The molecule has 0 N–H and O–H groups in total. The van der Waals surface area contributed by atoms with Crippen LogP contribution in [0.2, 0.25) is 0 Å². The summed E-state index contributed by atoms with van der Waals surface area (Å²) >= 11 is 0. The van der Waals surface area contributed by atoms with Crippen LogP contribution in [0, 0.1) is 5.92 Å². The smallest absolute Gasteiger partial charge is 0.410 e. The number of rotatable bonds is 5. The summed E-state index contributed by atoms with van der Waals surface area (Å²) in [4.78, 5) is 13.9. The van der Waals surface area contributed by atoms with Crippen molar-refractivity contribution in [1.82, 2.24) is 4.90 Å². The number of amides is 1. The second-order valence-corrected chi connectivity index (χ2v) is 6.22. The summed E-state index contributed by atoms with van der Waals surface area (Å²) in [6, 6.07) is 9.79. The molecule has 5 nitrogen and oxygen atoms in total. The zero-order valence-corrected chi connectivity index (χ0v) is 13.5. The molecular weight excluding hydrogens is 294 g/mol. The van der Waals surface area contributed by atoms with E-state index in [0.717, 1.165) is 57.6 Å². The molecule has 2 heterocycles. The van der Waals surface area contributed by atoms with Gasteiger partial charge in [-0.05, 0) is 37.2 Å². The largest absolute Gasteiger partial charge is 0.445 e. The Kier molecular flexibility index (Phi) is 5.88. The fourth-order valence-corrected chi connectivity index (χ4v) is 3.16. The van der Waals surface area contributed by atoms with E-state index in [4.69, 9.17) is 14.2 Å². The standard InChI is InChI=1S/C18H25NO4/c20-18(23-14-16-4-2-1-3-5-16)19-10-8-15(9-11-19)6-7-17-21-12-13-22-17/h1-5,15,17H,6-14H2. The van der Waals surface area contributed by atoms with Crippen molar-refractivity contribution in [3.05, 3.63) is 35.9 Å². The molecule has 2 aliphatic rings. The molecule has 0 saturated carbocycles. The van der Waals surface area contributed by atoms with Crippen LogP contribution in [-0.4, -0.2) is 43.6 Å². The van der Waals surface area contributed by atoms with Gasteiger partial charge < -0.3 is 19.1 Å². The third kappa shape index (κ3) is 4.94. The van der Waals surface area contributed by atoms with E-state index < -0.39 is 0 Å². The Labute approximate surface area is 137 Å². The molecule has 5 heteroatoms. The predicted molar refractivity (Wildman–Crippen MR) is 85.9 cm³/mol. The van der Waals surface area contributed by atoms with Crippen molar-refractivity contribution in [1.29, 1.82) is 0 Å². The van der Waals surface area contributed by atoms with Gasteiger partial charge in [0.15, 0.2) is 6.29 Å². The van der Waals surface area contributed by atoms with Crippen LogP contribution in [0.4, 0.5) is 4.79 Å². The van der Waals surface area contributed by atoms with E-state index >= 15 is 0 Å². The van der Waals surface area contributed by atoms with Crippen molar-refractivity contribution < 1.29 is 19.0 Å². The average molecular weight is 319 g/mol. The van der Waals surface area contributed by atoms with Gasteiger partial charge >= 0.3 is 6.09 Å². The fourth-order valence-electron chi connectivity index (χ4n) is 3.16. The van der Waals surface area contributed by atoms with Gasteiger partial charge in [-0.1, -0.05) is 30.3 Å². The first kappa shape index (κ1) is 16.3. The van der Waals surface area contributed by atoms with Crippen LogP contribution in [0.15, 0.2) is 30.3 Å². The van der Waals surface area contributed by atoms with Gasteiger partial charge in [0, 0.05) is 13.1 Å². The van der Waals surface area contributed by atoms with Gasteiger partial charge in [0.1, 0.15) is 6.61 Å². The molecule has 2 aliphatic heterocycles. The van der Waals surface area contributed by atoms with Crippen LogP contribution < -0.4 is 0 Å². The van der Waals surface area contributed by atoms with Crippen LogP contribution >= 0.6 is 0 Å². The Hall–Kier alpha value is -1.59. The molecule has 23 heavy (non-hydrogen) atoms. The highest BCUT2D eigenvalue weighted by molar-refractivity contribution is 5.67. The Morgan fingerprint density at radius 1 is 1.09 bits per heavy atom. The quantitative estimate of drug-likeness (QED) is 0.836. The lowest BCUT2D eigenvalue weighted by Crippen LogP contribution is -2.38. The lowest BCUT2D eigenvalue weighted by atomic mass is 9.92. The predicted octanol–water partition coefficient (Wildman–Crippen LogP) is 3.19. The van der Waals surface area contributed by atoms with Crippen molar-refractivity contribution in [2.24, 2.45) is 5.92 Å². The van der Waals surface area contributed by atoms with Gasteiger partial charge in [0.05, 0.1) is 13.2 Å². The molecule has 0 aromatic heterocycles. The Balaban J connectivity index is 1.34. The minimum atomic E-state index is -0.199. The van der Waals surface area contributed by atoms with Gasteiger partial charge in [-0.25, -0.2) is 4.79 Å². The fraction of sp³-hybridized carbons (Fsp3) is 0.611. The highest BCUT2D eigenvalue weighted by Crippen LogP contribution is 2.24. The minimum absolute atomic E-state index is 0.0103. The summed E-state index contributed by atoms with van der Waals surface area (Å²) in [6.45, 7) is 3.35. The van der Waals surface area contributed by atoms with E-state index in [1.165, 1.54) is 0 Å². The summed E-state index contributed by atoms with van der Waals surface area (Å²) in [5, 5.41) is 0. The number of carbonyl (C=O) groups excluding carboxylic acids is 1. The first-order valence-corrected chi connectivity index (χ1v) is 8.50. The first-order valence-electron chi connectivity index (χ1n) is 8.50. The highest BCUT2D eigenvalue weighted by Gasteiger charge is 2.25. The molecule has 2 fully saturated rings. The van der Waals surface area contributed by atoms with E-state index in [2.05, 4.69) is 0 Å². The van der Waals surface area contributed by atoms with E-state index in [9.17, 15) is 4.79 Å². The maximum atomic E-state index is 12.1. The molecule has 0 bridgehead atoms. The Morgan fingerprint density at radius 3 is 2.48 bits per heavy atom. The summed E-state index contributed by atoms with van der Waals surface area (Å²) in [6.07, 6.45) is 3.93. The van der Waals surface area contributed by atoms with Gasteiger partial charge in [-0.15, -0.1) is 0 Å². The van der Waals surface area contributed by atoms with Gasteiger partial charge in [0.25, 0.3) is 0 Å². The minimum Gasteiger partial charge on any atom is -0.445 e. The average Bonchev–Trinajstić information content (AvgIpc) is 3.13. The Morgan fingerprint density at radius 2 is 1.78 bits per heavy atom. The number of likely N-dealkylation sites (tertiary alicyclic amines) is 1. The van der Waals surface area contributed by atoms with Crippen LogP contribution in [0.1, 0.15) is 31.2 Å². The Bertz CT molecular complexity index is 479.